The van der Waals surface area contributed by atoms with E-state index in [2.05, 4.69) is 36.1 Å². The lowest BCUT2D eigenvalue weighted by Gasteiger charge is -2.06. The van der Waals surface area contributed by atoms with Crippen molar-refractivity contribution in [3.05, 3.63) is 22.6 Å². The molecule has 3 aromatic rings. The molecule has 0 aliphatic heterocycles. The molecule has 0 fully saturated rings. The Bertz CT molecular complexity index is 757. The Labute approximate surface area is 114 Å². The quantitative estimate of drug-likeness (QED) is 0.500. The van der Waals surface area contributed by atoms with Gasteiger partial charge in [0.1, 0.15) is 12.1 Å². The van der Waals surface area contributed by atoms with Crippen LogP contribution in [0.25, 0.3) is 16.7 Å². The fourth-order valence-electron chi connectivity index (χ4n) is 1.76. The second-order valence-corrected chi connectivity index (χ2v) is 5.91. The molecule has 3 heterocycles. The van der Waals surface area contributed by atoms with Crippen LogP contribution in [-0.2, 0) is 11.2 Å². The highest BCUT2D eigenvalue weighted by Gasteiger charge is 2.15. The predicted octanol–water partition coefficient (Wildman–Crippen LogP) is 1.48. The molecule has 3 rings (SSSR count). The number of aryl methyl sites for hydroxylation is 1. The summed E-state index contributed by atoms with van der Waals surface area (Å²) in [6.07, 6.45) is 3.21. The van der Waals surface area contributed by atoms with Crippen LogP contribution in [0.4, 0.5) is 0 Å². The van der Waals surface area contributed by atoms with E-state index in [1.54, 1.807) is 12.5 Å². The first-order valence-electron chi connectivity index (χ1n) is 5.08. The van der Waals surface area contributed by atoms with Crippen molar-refractivity contribution in [1.82, 2.24) is 24.6 Å². The summed E-state index contributed by atoms with van der Waals surface area (Å²) in [6.45, 7) is 1.84. The third-order valence-electron chi connectivity index (χ3n) is 2.56. The lowest BCUT2D eigenvalue weighted by atomic mass is 10.3. The van der Waals surface area contributed by atoms with E-state index < -0.39 is 11.2 Å². The van der Waals surface area contributed by atoms with Gasteiger partial charge in [-0.3, -0.25) is 4.40 Å². The monoisotopic (exact) mass is 325 g/mol. The number of hydrogen-bond acceptors (Lipinski definition) is 5. The molecule has 8 heteroatoms. The number of rotatable bonds is 1. The number of nitrogens with zero attached hydrogens (tertiary/aromatic N) is 5. The second kappa shape index (κ2) is 4.15. The molecule has 1 unspecified atom stereocenters. The van der Waals surface area contributed by atoms with Gasteiger partial charge >= 0.3 is 5.16 Å². The third kappa shape index (κ3) is 1.68. The van der Waals surface area contributed by atoms with E-state index in [0.717, 1.165) is 15.7 Å². The molecule has 0 saturated carbocycles. The molecule has 0 aliphatic rings. The average Bonchev–Trinajstić information content (AvgIpc) is 2.72. The van der Waals surface area contributed by atoms with E-state index >= 15 is 0 Å². The highest BCUT2D eigenvalue weighted by molar-refractivity contribution is 9.10. The minimum absolute atomic E-state index is 0.305. The molecule has 6 nitrogen and oxygen atoms in total. The molecule has 0 saturated heterocycles. The molecule has 0 aromatic carbocycles. The van der Waals surface area contributed by atoms with Crippen LogP contribution in [0.1, 0.15) is 5.82 Å². The zero-order valence-corrected chi connectivity index (χ0v) is 12.0. The van der Waals surface area contributed by atoms with Crippen LogP contribution in [0.2, 0.25) is 0 Å². The molecule has 0 aliphatic carbocycles. The Balaban J connectivity index is 2.49. The van der Waals surface area contributed by atoms with E-state index in [-0.39, 0.29) is 0 Å². The molecular weight excluding hydrogens is 318 g/mol. The number of halogens is 1. The van der Waals surface area contributed by atoms with Crippen LogP contribution in [-0.4, -0.2) is 35.4 Å². The van der Waals surface area contributed by atoms with Gasteiger partial charge in [0.25, 0.3) is 0 Å². The van der Waals surface area contributed by atoms with Gasteiger partial charge in [-0.05, 0) is 28.9 Å². The smallest absolute Gasteiger partial charge is 0.344 e. The van der Waals surface area contributed by atoms with E-state index in [1.165, 1.54) is 0 Å². The van der Waals surface area contributed by atoms with Crippen molar-refractivity contribution in [2.45, 2.75) is 12.1 Å². The Morgan fingerprint density at radius 1 is 1.33 bits per heavy atom. The molecule has 18 heavy (non-hydrogen) atoms. The van der Waals surface area contributed by atoms with Crippen molar-refractivity contribution in [3.63, 3.8) is 0 Å². The molecule has 0 radical (unpaired) electrons. The second-order valence-electron chi connectivity index (χ2n) is 3.78. The van der Waals surface area contributed by atoms with Crippen LogP contribution in [0, 0.1) is 6.92 Å². The van der Waals surface area contributed by atoms with Crippen molar-refractivity contribution in [2.24, 2.45) is 0 Å². The topological polar surface area (TPSA) is 79.0 Å². The largest absolute Gasteiger partial charge is 0.609 e. The van der Waals surface area contributed by atoms with Crippen LogP contribution in [0.3, 0.4) is 0 Å². The van der Waals surface area contributed by atoms with Gasteiger partial charge in [0.15, 0.2) is 11.3 Å². The minimum Gasteiger partial charge on any atom is -0.609 e. The first-order chi connectivity index (χ1) is 8.58. The zero-order chi connectivity index (χ0) is 12.9. The van der Waals surface area contributed by atoms with Gasteiger partial charge in [-0.1, -0.05) is 0 Å². The third-order valence-corrected chi connectivity index (χ3v) is 3.86. The number of hydrogen-bond donors (Lipinski definition) is 0. The van der Waals surface area contributed by atoms with Gasteiger partial charge in [-0.15, -0.1) is 10.2 Å². The van der Waals surface area contributed by atoms with Crippen molar-refractivity contribution in [1.29, 1.82) is 0 Å². The van der Waals surface area contributed by atoms with Gasteiger partial charge in [-0.2, -0.15) is 9.97 Å². The molecule has 0 bridgehead atoms. The molecule has 92 valence electrons. The number of pyridine rings is 1. The van der Waals surface area contributed by atoms with Crippen LogP contribution in [0.5, 0.6) is 0 Å². The highest BCUT2D eigenvalue weighted by atomic mass is 79.9. The van der Waals surface area contributed by atoms with Gasteiger partial charge in [0.05, 0.1) is 4.47 Å². The van der Waals surface area contributed by atoms with Crippen molar-refractivity contribution < 1.29 is 4.55 Å². The Hall–Kier alpha value is -1.25. The fraction of sp³-hybridized carbons (Fsp3) is 0.200. The first-order valence-corrected chi connectivity index (χ1v) is 7.43. The summed E-state index contributed by atoms with van der Waals surface area (Å²) in [4.78, 5) is 8.41. The average molecular weight is 326 g/mol. The number of fused-ring (bicyclic) bond motifs is 3. The predicted molar refractivity (Wildman–Crippen MR) is 70.9 cm³/mol. The fourth-order valence-corrected chi connectivity index (χ4v) is 2.68. The highest BCUT2D eigenvalue weighted by Crippen LogP contribution is 2.24. The molecule has 0 N–H and O–H groups in total. The lowest BCUT2D eigenvalue weighted by Crippen LogP contribution is -2.06. The summed E-state index contributed by atoms with van der Waals surface area (Å²) in [6, 6.07) is 1.88. The molecule has 0 amide bonds. The lowest BCUT2D eigenvalue weighted by molar-refractivity contribution is 0.592. The maximum absolute atomic E-state index is 11.5. The SMILES string of the molecule is Cc1nnc2c(Br)cc3cnc([S+](C)[O-])nc3n12. The minimum atomic E-state index is -1.22. The molecule has 3 aromatic heterocycles. The van der Waals surface area contributed by atoms with E-state index in [4.69, 9.17) is 0 Å². The van der Waals surface area contributed by atoms with Gasteiger partial charge in [0.2, 0.25) is 0 Å². The molecule has 0 spiro atoms. The summed E-state index contributed by atoms with van der Waals surface area (Å²) in [5.41, 5.74) is 1.35. The summed E-state index contributed by atoms with van der Waals surface area (Å²) >= 11 is 2.22. The van der Waals surface area contributed by atoms with Crippen molar-refractivity contribution >= 4 is 43.8 Å². The summed E-state index contributed by atoms with van der Waals surface area (Å²) < 4.78 is 14.1. The molecule has 1 atom stereocenters. The molecular formula is C10H8BrN5OS. The standard InChI is InChI=1S/C10H8BrN5OS/c1-5-14-15-9-7(11)3-6-4-12-10(18(2)17)13-8(6)16(5)9/h3-4H,1-2H3. The van der Waals surface area contributed by atoms with E-state index in [9.17, 15) is 4.55 Å². The van der Waals surface area contributed by atoms with Crippen LogP contribution < -0.4 is 0 Å². The first kappa shape index (κ1) is 11.8. The Kier molecular flexibility index (Phi) is 2.72. The number of aromatic nitrogens is 5. The van der Waals surface area contributed by atoms with Crippen molar-refractivity contribution in [3.8, 4) is 0 Å². The zero-order valence-electron chi connectivity index (χ0n) is 9.59. The normalized spacial score (nSPS) is 13.3. The summed E-state index contributed by atoms with van der Waals surface area (Å²) in [5.74, 6) is 0.725. The van der Waals surface area contributed by atoms with Crippen LogP contribution >= 0.6 is 15.9 Å². The van der Waals surface area contributed by atoms with Gasteiger partial charge in [-0.25, -0.2) is 0 Å². The van der Waals surface area contributed by atoms with E-state index in [1.807, 2.05) is 17.4 Å². The Morgan fingerprint density at radius 2 is 2.11 bits per heavy atom. The van der Waals surface area contributed by atoms with Gasteiger partial charge < -0.3 is 4.55 Å². The maximum Gasteiger partial charge on any atom is 0.344 e. The van der Waals surface area contributed by atoms with Crippen molar-refractivity contribution in [2.75, 3.05) is 6.26 Å². The van der Waals surface area contributed by atoms with Crippen LogP contribution in [0.15, 0.2) is 21.9 Å². The maximum atomic E-state index is 11.5. The van der Waals surface area contributed by atoms with Gasteiger partial charge in [0, 0.05) is 22.8 Å². The Morgan fingerprint density at radius 3 is 2.83 bits per heavy atom. The summed E-state index contributed by atoms with van der Waals surface area (Å²) in [7, 11) is 0. The summed E-state index contributed by atoms with van der Waals surface area (Å²) in [5, 5.41) is 9.24. The van der Waals surface area contributed by atoms with E-state index in [0.29, 0.717) is 16.5 Å².